The van der Waals surface area contributed by atoms with Crippen molar-refractivity contribution in [1.82, 2.24) is 0 Å². The summed E-state index contributed by atoms with van der Waals surface area (Å²) in [5.74, 6) is -1.34. The third-order valence-electron chi connectivity index (χ3n) is 9.73. The molecule has 7 heteroatoms. The smallest absolute Gasteiger partial charge is 0.300 e. The molecule has 6 atom stereocenters. The minimum absolute atomic E-state index is 0.0515. The molecule has 0 aromatic heterocycles. The van der Waals surface area contributed by atoms with E-state index in [9.17, 15) is 5.11 Å². The molecule has 0 saturated carbocycles. The van der Waals surface area contributed by atoms with Gasteiger partial charge in [0.25, 0.3) is 5.97 Å². The lowest BCUT2D eigenvalue weighted by Crippen LogP contribution is -2.56. The van der Waals surface area contributed by atoms with Crippen LogP contribution in [0.4, 0.5) is 0 Å². The van der Waals surface area contributed by atoms with Gasteiger partial charge < -0.3 is 19.7 Å². The van der Waals surface area contributed by atoms with Crippen molar-refractivity contribution in [3.63, 3.8) is 0 Å². The molecular weight excluding hydrogens is 590 g/mol. The topological polar surface area (TPSA) is 85.2 Å². The molecule has 2 fully saturated rings. The minimum Gasteiger partial charge on any atom is -0.481 e. The zero-order valence-electron chi connectivity index (χ0n) is 29.2. The molecule has 2 saturated heterocycles. The molecule has 2 N–H and O–H groups in total. The van der Waals surface area contributed by atoms with Gasteiger partial charge in [-0.1, -0.05) is 118 Å². The van der Waals surface area contributed by atoms with Crippen molar-refractivity contribution >= 4 is 5.97 Å². The molecule has 3 aromatic rings. The first kappa shape index (κ1) is 36.8. The van der Waals surface area contributed by atoms with Gasteiger partial charge in [0.15, 0.2) is 18.1 Å². The Kier molecular flexibility index (Phi) is 12.8. The summed E-state index contributed by atoms with van der Waals surface area (Å²) in [6, 6.07) is 32.0. The number of aliphatic hydroxyl groups excluding tert-OH is 1. The summed E-state index contributed by atoms with van der Waals surface area (Å²) in [6.07, 6.45) is 6.60. The number of unbranched alkanes of at least 4 members (excludes halogenated alkanes) is 2. The fourth-order valence-corrected chi connectivity index (χ4v) is 7.54. The number of aliphatic carboxylic acids is 1. The van der Waals surface area contributed by atoms with Crippen molar-refractivity contribution in [3.05, 3.63) is 108 Å². The van der Waals surface area contributed by atoms with Gasteiger partial charge in [-0.25, -0.2) is 0 Å². The van der Waals surface area contributed by atoms with Crippen LogP contribution in [0.2, 0.25) is 0 Å². The van der Waals surface area contributed by atoms with Crippen LogP contribution in [0.25, 0.3) is 0 Å². The first-order chi connectivity index (χ1) is 22.5. The summed E-state index contributed by atoms with van der Waals surface area (Å²) >= 11 is 0. The average Bonchev–Trinajstić information content (AvgIpc) is 3.48. The largest absolute Gasteiger partial charge is 0.481 e. The van der Waals surface area contributed by atoms with Crippen LogP contribution in [0.5, 0.6) is 0 Å². The van der Waals surface area contributed by atoms with Crippen LogP contribution in [0, 0.1) is 5.92 Å². The number of hydrogen-bond acceptors (Lipinski definition) is 5. The summed E-state index contributed by atoms with van der Waals surface area (Å²) in [7, 11) is 2.15. The molecule has 0 amide bonds. The fourth-order valence-electron chi connectivity index (χ4n) is 7.54. The molecule has 0 bridgehead atoms. The van der Waals surface area contributed by atoms with Gasteiger partial charge in [0, 0.05) is 6.92 Å². The lowest BCUT2D eigenvalue weighted by Gasteiger charge is -2.39. The summed E-state index contributed by atoms with van der Waals surface area (Å²) in [5.41, 5.74) is 2.75. The van der Waals surface area contributed by atoms with E-state index in [-0.39, 0.29) is 24.4 Å². The summed E-state index contributed by atoms with van der Waals surface area (Å²) in [4.78, 5) is 9.00. The van der Waals surface area contributed by atoms with E-state index in [1.807, 2.05) is 13.8 Å². The minimum atomic E-state index is -0.833. The number of ether oxygens (including phenoxy) is 3. The standard InChI is InChI=1S/C38H52NO4.C2H4O2/c1-6-20-32(27-18-11-19-28-39(5)35(40)33(7-2)34-36(39)43-37(3,4)42-34)41-38(29-21-12-8-13-22-29,30-23-14-9-15-24-30)31-25-16-10-17-26-31;1-2(3)4/h8-10,12-17,21-26,32-36,40H,6-7,11,18-20,27-28H2,1-5H3;1H3,(H,3,4)/q+1;/t32?,33-,34-,35+,36+,39-;/m0./s1. The molecule has 0 radical (unpaired) electrons. The Morgan fingerprint density at radius 2 is 1.34 bits per heavy atom. The molecule has 2 aliphatic heterocycles. The van der Waals surface area contributed by atoms with E-state index in [1.165, 1.54) is 0 Å². The van der Waals surface area contributed by atoms with Crippen molar-refractivity contribution in [2.45, 2.75) is 116 Å². The molecule has 0 aliphatic carbocycles. The second kappa shape index (κ2) is 16.4. The van der Waals surface area contributed by atoms with Gasteiger partial charge in [0.1, 0.15) is 5.60 Å². The molecule has 2 aliphatic rings. The number of nitrogens with zero attached hydrogens (tertiary/aromatic N) is 1. The van der Waals surface area contributed by atoms with Crippen molar-refractivity contribution in [2.24, 2.45) is 5.92 Å². The van der Waals surface area contributed by atoms with Gasteiger partial charge in [-0.15, -0.1) is 0 Å². The summed E-state index contributed by atoms with van der Waals surface area (Å²) < 4.78 is 20.5. The average molecular weight is 647 g/mol. The maximum Gasteiger partial charge on any atom is 0.300 e. The molecule has 5 rings (SSSR count). The molecule has 0 spiro atoms. The Hall–Kier alpha value is -3.07. The normalized spacial score (nSPS) is 25.4. The zero-order valence-corrected chi connectivity index (χ0v) is 29.2. The second-order valence-corrected chi connectivity index (χ2v) is 13.7. The number of hydrogen-bond donors (Lipinski definition) is 2. The van der Waals surface area contributed by atoms with Crippen LogP contribution in [-0.2, 0) is 24.6 Å². The van der Waals surface area contributed by atoms with Gasteiger partial charge in [0.2, 0.25) is 6.23 Å². The third-order valence-corrected chi connectivity index (χ3v) is 9.73. The molecule has 256 valence electrons. The number of carbonyl (C=O) groups is 1. The van der Waals surface area contributed by atoms with E-state index < -0.39 is 23.6 Å². The zero-order chi connectivity index (χ0) is 34.1. The monoisotopic (exact) mass is 646 g/mol. The first-order valence-corrected chi connectivity index (χ1v) is 17.4. The van der Waals surface area contributed by atoms with Gasteiger partial charge in [-0.05, 0) is 62.6 Å². The highest BCUT2D eigenvalue weighted by molar-refractivity contribution is 5.63. The number of benzene rings is 3. The first-order valence-electron chi connectivity index (χ1n) is 17.4. The van der Waals surface area contributed by atoms with Crippen LogP contribution in [-0.4, -0.2) is 64.7 Å². The Labute approximate surface area is 282 Å². The number of aliphatic hydroxyl groups is 1. The lowest BCUT2D eigenvalue weighted by atomic mass is 9.79. The van der Waals surface area contributed by atoms with Crippen LogP contribution >= 0.6 is 0 Å². The molecule has 3 aromatic carbocycles. The van der Waals surface area contributed by atoms with Crippen molar-refractivity contribution in [3.8, 4) is 0 Å². The fraction of sp³-hybridized carbons (Fsp3) is 0.525. The van der Waals surface area contributed by atoms with Crippen LogP contribution in [0.15, 0.2) is 91.0 Å². The summed E-state index contributed by atoms with van der Waals surface area (Å²) in [5, 5.41) is 18.8. The Bertz CT molecular complexity index is 1270. The SMILES string of the molecule is CC(=O)O.CCCC(CCCCC[N@@+]1(C)[C@H](O)[C@@H](CC)[C@@H]2OC(C)(C)O[C@H]21)OC(c1ccccc1)(c1ccccc1)c1ccccc1. The highest BCUT2D eigenvalue weighted by atomic mass is 16.8. The van der Waals surface area contributed by atoms with E-state index in [1.54, 1.807) is 0 Å². The molecule has 1 unspecified atom stereocenters. The van der Waals surface area contributed by atoms with Gasteiger partial charge in [0.05, 0.1) is 25.6 Å². The number of carboxylic acids is 1. The Morgan fingerprint density at radius 1 is 0.851 bits per heavy atom. The van der Waals surface area contributed by atoms with Crippen LogP contribution in [0.3, 0.4) is 0 Å². The predicted octanol–water partition coefficient (Wildman–Crippen LogP) is 8.10. The second-order valence-electron chi connectivity index (χ2n) is 13.7. The van der Waals surface area contributed by atoms with E-state index in [0.29, 0.717) is 4.48 Å². The number of likely N-dealkylation sites (tertiary alicyclic amines) is 1. The Balaban J connectivity index is 0.00000118. The van der Waals surface area contributed by atoms with E-state index >= 15 is 0 Å². The number of likely N-dealkylation sites (N-methyl/N-ethyl adjacent to an activating group) is 1. The third kappa shape index (κ3) is 8.51. The van der Waals surface area contributed by atoms with Crippen molar-refractivity contribution < 1.29 is 33.7 Å². The number of carboxylic acid groups (broad SMARTS) is 1. The van der Waals surface area contributed by atoms with Crippen LogP contribution in [0.1, 0.15) is 96.3 Å². The molecule has 2 heterocycles. The van der Waals surface area contributed by atoms with E-state index in [2.05, 4.69) is 112 Å². The van der Waals surface area contributed by atoms with Crippen molar-refractivity contribution in [1.29, 1.82) is 0 Å². The quantitative estimate of drug-likeness (QED) is 0.105. The lowest BCUT2D eigenvalue weighted by molar-refractivity contribution is -0.983. The predicted molar refractivity (Wildman–Crippen MR) is 185 cm³/mol. The molecular formula is C40H56NO6+. The number of rotatable bonds is 14. The van der Waals surface area contributed by atoms with Crippen molar-refractivity contribution in [2.75, 3.05) is 13.6 Å². The summed E-state index contributed by atoms with van der Waals surface area (Å²) in [6.45, 7) is 10.3. The number of fused-ring (bicyclic) bond motifs is 1. The highest BCUT2D eigenvalue weighted by Crippen LogP contribution is 2.47. The van der Waals surface area contributed by atoms with Crippen LogP contribution < -0.4 is 0 Å². The van der Waals surface area contributed by atoms with E-state index in [0.717, 1.165) is 75.1 Å². The molecule has 7 nitrogen and oxygen atoms in total. The molecule has 47 heavy (non-hydrogen) atoms. The maximum atomic E-state index is 11.3. The number of quaternary nitrogens is 1. The Morgan fingerprint density at radius 3 is 1.79 bits per heavy atom. The van der Waals surface area contributed by atoms with E-state index in [4.69, 9.17) is 24.1 Å². The van der Waals surface area contributed by atoms with Gasteiger partial charge in [-0.2, -0.15) is 0 Å². The van der Waals surface area contributed by atoms with Gasteiger partial charge in [-0.3, -0.25) is 14.0 Å². The highest BCUT2D eigenvalue weighted by Gasteiger charge is 2.64. The van der Waals surface area contributed by atoms with Gasteiger partial charge >= 0.3 is 0 Å². The maximum absolute atomic E-state index is 11.3.